The van der Waals surface area contributed by atoms with Crippen molar-refractivity contribution in [1.29, 1.82) is 0 Å². The highest BCUT2D eigenvalue weighted by Gasteiger charge is 2.31. The zero-order valence-corrected chi connectivity index (χ0v) is 10.7. The Morgan fingerprint density at radius 3 is 2.78 bits per heavy atom. The number of nitrogens with one attached hydrogen (secondary N) is 1. The number of benzene rings is 1. The van der Waals surface area contributed by atoms with Gasteiger partial charge in [-0.15, -0.1) is 0 Å². The summed E-state index contributed by atoms with van der Waals surface area (Å²) in [5, 5.41) is 2.82. The molecular weight excluding hydrogens is 251 g/mol. The molecule has 3 N–H and O–H groups in total. The molecule has 2 unspecified atom stereocenters. The maximum absolute atomic E-state index is 13.5. The normalized spacial score (nSPS) is 22.7. The molecule has 1 aromatic rings. The van der Waals surface area contributed by atoms with E-state index in [1.54, 1.807) is 12.1 Å². The van der Waals surface area contributed by atoms with Crippen LogP contribution in [0.1, 0.15) is 29.6 Å². The number of amides is 1. The van der Waals surface area contributed by atoms with Crippen molar-refractivity contribution in [2.24, 2.45) is 11.7 Å². The molecule has 2 rings (SSSR count). The first-order chi connectivity index (χ1) is 8.59. The molecular formula is C13H15FN2OS. The number of hydrogen-bond donors (Lipinski definition) is 2. The van der Waals surface area contributed by atoms with E-state index in [-0.39, 0.29) is 17.5 Å². The van der Waals surface area contributed by atoms with Crippen LogP contribution in [0.4, 0.5) is 4.39 Å². The van der Waals surface area contributed by atoms with Crippen molar-refractivity contribution in [2.45, 2.75) is 25.3 Å². The molecule has 0 radical (unpaired) electrons. The fourth-order valence-electron chi connectivity index (χ4n) is 2.36. The molecule has 1 aromatic carbocycles. The van der Waals surface area contributed by atoms with E-state index in [0.29, 0.717) is 4.99 Å². The third kappa shape index (κ3) is 2.67. The predicted octanol–water partition coefficient (Wildman–Crippen LogP) is 2.01. The Morgan fingerprint density at radius 1 is 1.39 bits per heavy atom. The molecule has 18 heavy (non-hydrogen) atoms. The zero-order chi connectivity index (χ0) is 13.1. The lowest BCUT2D eigenvalue weighted by Crippen LogP contribution is -2.41. The largest absolute Gasteiger partial charge is 0.393 e. The van der Waals surface area contributed by atoms with Gasteiger partial charge in [-0.2, -0.15) is 0 Å². The van der Waals surface area contributed by atoms with Gasteiger partial charge in [0.25, 0.3) is 5.91 Å². The minimum absolute atomic E-state index is 0.0238. The number of nitrogens with two attached hydrogens (primary N) is 1. The van der Waals surface area contributed by atoms with Gasteiger partial charge in [0.05, 0.1) is 10.6 Å². The van der Waals surface area contributed by atoms with Crippen LogP contribution >= 0.6 is 12.2 Å². The van der Waals surface area contributed by atoms with Crippen LogP contribution in [0.2, 0.25) is 0 Å². The van der Waals surface area contributed by atoms with Crippen LogP contribution in [0.5, 0.6) is 0 Å². The van der Waals surface area contributed by atoms with Gasteiger partial charge in [0.15, 0.2) is 0 Å². The molecule has 2 atom stereocenters. The van der Waals surface area contributed by atoms with Crippen molar-refractivity contribution < 1.29 is 9.18 Å². The van der Waals surface area contributed by atoms with Gasteiger partial charge in [0.2, 0.25) is 0 Å². The molecule has 96 valence electrons. The van der Waals surface area contributed by atoms with Gasteiger partial charge in [0.1, 0.15) is 5.82 Å². The molecule has 0 aliphatic heterocycles. The van der Waals surface area contributed by atoms with Gasteiger partial charge in [-0.25, -0.2) is 4.39 Å². The highest BCUT2D eigenvalue weighted by atomic mass is 32.1. The van der Waals surface area contributed by atoms with E-state index >= 15 is 0 Å². The molecule has 1 aliphatic rings. The highest BCUT2D eigenvalue weighted by Crippen LogP contribution is 2.26. The maximum atomic E-state index is 13.5. The Kier molecular flexibility index (Phi) is 3.91. The first-order valence-corrected chi connectivity index (χ1v) is 6.35. The average Bonchev–Trinajstić information content (AvgIpc) is 2.77. The highest BCUT2D eigenvalue weighted by molar-refractivity contribution is 7.80. The van der Waals surface area contributed by atoms with Crippen molar-refractivity contribution >= 4 is 23.1 Å². The Labute approximate surface area is 111 Å². The summed E-state index contributed by atoms with van der Waals surface area (Å²) in [6.45, 7) is 0. The van der Waals surface area contributed by atoms with E-state index < -0.39 is 11.7 Å². The molecule has 0 saturated heterocycles. The van der Waals surface area contributed by atoms with E-state index in [9.17, 15) is 9.18 Å². The Hall–Kier alpha value is -1.49. The van der Waals surface area contributed by atoms with Crippen LogP contribution in [-0.2, 0) is 0 Å². The lowest BCUT2D eigenvalue weighted by molar-refractivity contribution is 0.0929. The summed E-state index contributed by atoms with van der Waals surface area (Å²) < 4.78 is 13.5. The standard InChI is InChI=1S/C13H15FN2OS/c14-10-6-2-1-4-8(10)13(17)16-11-7-3-5-9(11)12(15)18/h1-2,4,6,9,11H,3,5,7H2,(H2,15,18)(H,16,17). The summed E-state index contributed by atoms with van der Waals surface area (Å²) in [6, 6.07) is 5.86. The Balaban J connectivity index is 2.08. The quantitative estimate of drug-likeness (QED) is 0.823. The number of hydrogen-bond acceptors (Lipinski definition) is 2. The number of carbonyl (C=O) groups excluding carboxylic acids is 1. The van der Waals surface area contributed by atoms with Crippen molar-refractivity contribution in [3.63, 3.8) is 0 Å². The average molecular weight is 266 g/mol. The third-order valence-electron chi connectivity index (χ3n) is 3.32. The third-order valence-corrected chi connectivity index (χ3v) is 3.62. The first kappa shape index (κ1) is 13.0. The van der Waals surface area contributed by atoms with Gasteiger partial charge in [0, 0.05) is 12.0 Å². The lowest BCUT2D eigenvalue weighted by Gasteiger charge is -2.20. The summed E-state index contributed by atoms with van der Waals surface area (Å²) in [4.78, 5) is 12.4. The van der Waals surface area contributed by atoms with Gasteiger partial charge >= 0.3 is 0 Å². The summed E-state index contributed by atoms with van der Waals surface area (Å²) >= 11 is 4.98. The molecule has 1 amide bonds. The van der Waals surface area contributed by atoms with Crippen molar-refractivity contribution in [3.05, 3.63) is 35.6 Å². The second-order valence-corrected chi connectivity index (χ2v) is 4.97. The van der Waals surface area contributed by atoms with E-state index in [1.165, 1.54) is 12.1 Å². The van der Waals surface area contributed by atoms with Gasteiger partial charge in [-0.3, -0.25) is 4.79 Å². The summed E-state index contributed by atoms with van der Waals surface area (Å²) in [5.74, 6) is -0.892. The minimum atomic E-state index is -0.514. The predicted molar refractivity (Wildman–Crippen MR) is 71.8 cm³/mol. The number of rotatable bonds is 3. The van der Waals surface area contributed by atoms with E-state index in [2.05, 4.69) is 5.32 Å². The summed E-state index contributed by atoms with van der Waals surface area (Å²) in [6.07, 6.45) is 2.70. The molecule has 0 aromatic heterocycles. The summed E-state index contributed by atoms with van der Waals surface area (Å²) in [7, 11) is 0. The van der Waals surface area contributed by atoms with Crippen LogP contribution in [0.15, 0.2) is 24.3 Å². The van der Waals surface area contributed by atoms with Crippen LogP contribution in [-0.4, -0.2) is 16.9 Å². The Morgan fingerprint density at radius 2 is 2.11 bits per heavy atom. The van der Waals surface area contributed by atoms with Crippen molar-refractivity contribution in [1.82, 2.24) is 5.32 Å². The van der Waals surface area contributed by atoms with Crippen LogP contribution in [0.3, 0.4) is 0 Å². The monoisotopic (exact) mass is 266 g/mol. The molecule has 5 heteroatoms. The van der Waals surface area contributed by atoms with E-state index in [1.807, 2.05) is 0 Å². The van der Waals surface area contributed by atoms with Crippen LogP contribution < -0.4 is 11.1 Å². The van der Waals surface area contributed by atoms with Gasteiger partial charge in [-0.05, 0) is 25.0 Å². The second-order valence-electron chi connectivity index (χ2n) is 4.50. The van der Waals surface area contributed by atoms with E-state index in [4.69, 9.17) is 18.0 Å². The molecule has 1 saturated carbocycles. The molecule has 0 heterocycles. The van der Waals surface area contributed by atoms with Gasteiger partial charge < -0.3 is 11.1 Å². The maximum Gasteiger partial charge on any atom is 0.254 e. The first-order valence-electron chi connectivity index (χ1n) is 5.94. The minimum Gasteiger partial charge on any atom is -0.393 e. The smallest absolute Gasteiger partial charge is 0.254 e. The topological polar surface area (TPSA) is 55.1 Å². The molecule has 0 bridgehead atoms. The number of carbonyl (C=O) groups is 1. The lowest BCUT2D eigenvalue weighted by atomic mass is 10.0. The van der Waals surface area contributed by atoms with Gasteiger partial charge in [-0.1, -0.05) is 30.8 Å². The Bertz CT molecular complexity index is 478. The van der Waals surface area contributed by atoms with Crippen LogP contribution in [0, 0.1) is 11.7 Å². The molecule has 3 nitrogen and oxygen atoms in total. The number of halogens is 1. The summed E-state index contributed by atoms with van der Waals surface area (Å²) in [5.41, 5.74) is 5.70. The van der Waals surface area contributed by atoms with Crippen LogP contribution in [0.25, 0.3) is 0 Å². The van der Waals surface area contributed by atoms with Crippen molar-refractivity contribution in [3.8, 4) is 0 Å². The SMILES string of the molecule is NC(=S)C1CCCC1NC(=O)c1ccccc1F. The second kappa shape index (κ2) is 5.44. The zero-order valence-electron chi connectivity index (χ0n) is 9.86. The fourth-order valence-corrected chi connectivity index (χ4v) is 2.65. The van der Waals surface area contributed by atoms with Crippen molar-refractivity contribution in [2.75, 3.05) is 0 Å². The molecule has 0 spiro atoms. The molecule has 1 fully saturated rings. The fraction of sp³-hybridized carbons (Fsp3) is 0.385. The number of thiocarbonyl (C=S) groups is 1. The van der Waals surface area contributed by atoms with E-state index in [0.717, 1.165) is 19.3 Å². The molecule has 1 aliphatic carbocycles.